The summed E-state index contributed by atoms with van der Waals surface area (Å²) in [4.78, 5) is 24.5. The maximum absolute atomic E-state index is 12.4. The Morgan fingerprint density at radius 2 is 0.649 bits per heavy atom. The molecule has 0 aromatic carbocycles. The van der Waals surface area contributed by atoms with Crippen molar-refractivity contribution in [3.8, 4) is 0 Å². The molecule has 0 aliphatic rings. The second-order valence-electron chi connectivity index (χ2n) is 23.5. The Morgan fingerprint density at radius 3 is 1.00 bits per heavy atom. The lowest BCUT2D eigenvalue weighted by atomic mass is 10.0. The van der Waals surface area contributed by atoms with Gasteiger partial charge in [0.1, 0.15) is 0 Å². The number of rotatable bonds is 64. The Balaban J connectivity index is 3.38. The second-order valence-corrected chi connectivity index (χ2v) is 23.5. The molecule has 2 unspecified atom stereocenters. The molecule has 6 nitrogen and oxygen atoms in total. The standard InChI is InChI=1S/C71H133NO5/c1-3-5-7-9-11-13-15-17-37-41-45-49-53-57-61-65-71(76)77-66-62-58-54-50-46-42-39-36-34-32-30-28-26-24-22-20-18-19-21-23-25-27-29-31-33-35-38-40-44-48-52-56-60-64-70(75)72-68(67-73)69(74)63-59-55-51-47-43-16-14-12-10-8-6-4-2/h17,22,24,28,30,37,59,63,68-69,73-74H,3-16,18-21,23,25-27,29,31-36,38-58,60-62,64-67H2,1-2H3,(H,72,75)/b24-22-,30-28-,37-17-,63-59+. The highest BCUT2D eigenvalue weighted by Crippen LogP contribution is 2.17. The summed E-state index contributed by atoms with van der Waals surface area (Å²) in [5, 5.41) is 23.1. The van der Waals surface area contributed by atoms with Crippen LogP contribution in [0, 0.1) is 0 Å². The Morgan fingerprint density at radius 1 is 0.364 bits per heavy atom. The van der Waals surface area contributed by atoms with Crippen LogP contribution in [0.4, 0.5) is 0 Å². The lowest BCUT2D eigenvalue weighted by Crippen LogP contribution is -2.45. The van der Waals surface area contributed by atoms with Gasteiger partial charge in [0.25, 0.3) is 0 Å². The van der Waals surface area contributed by atoms with Crippen molar-refractivity contribution < 1.29 is 24.5 Å². The van der Waals surface area contributed by atoms with Crippen molar-refractivity contribution >= 4 is 11.9 Å². The first kappa shape index (κ1) is 74.8. The molecule has 452 valence electrons. The third-order valence-electron chi connectivity index (χ3n) is 15.8. The minimum absolute atomic E-state index is 0.00593. The minimum Gasteiger partial charge on any atom is -0.466 e. The van der Waals surface area contributed by atoms with Gasteiger partial charge in [-0.1, -0.05) is 313 Å². The summed E-state index contributed by atoms with van der Waals surface area (Å²) in [6, 6.07) is -0.626. The Kier molecular flexibility index (Phi) is 64.5. The summed E-state index contributed by atoms with van der Waals surface area (Å²) < 4.78 is 5.48. The summed E-state index contributed by atoms with van der Waals surface area (Å²) in [6.45, 7) is 4.90. The maximum atomic E-state index is 12.4. The number of aliphatic hydroxyl groups is 2. The Hall–Kier alpha value is -2.18. The first-order valence-corrected chi connectivity index (χ1v) is 34.4. The topological polar surface area (TPSA) is 95.9 Å². The predicted molar refractivity (Wildman–Crippen MR) is 338 cm³/mol. The second kappa shape index (κ2) is 66.3. The summed E-state index contributed by atoms with van der Waals surface area (Å²) in [7, 11) is 0. The van der Waals surface area contributed by atoms with E-state index in [1.807, 2.05) is 6.08 Å². The van der Waals surface area contributed by atoms with Crippen molar-refractivity contribution in [1.29, 1.82) is 0 Å². The monoisotopic (exact) mass is 1080 g/mol. The molecule has 0 aromatic rings. The molecular weight excluding hydrogens is 947 g/mol. The average molecular weight is 1080 g/mol. The number of aliphatic hydroxyl groups excluding tert-OH is 2. The molecule has 0 radical (unpaired) electrons. The van der Waals surface area contributed by atoms with Crippen LogP contribution in [0.5, 0.6) is 0 Å². The highest BCUT2D eigenvalue weighted by molar-refractivity contribution is 5.76. The van der Waals surface area contributed by atoms with Gasteiger partial charge >= 0.3 is 5.97 Å². The summed E-state index contributed by atoms with van der Waals surface area (Å²) in [6.07, 6.45) is 86.2. The number of carbonyl (C=O) groups is 2. The third kappa shape index (κ3) is 62.9. The van der Waals surface area contributed by atoms with E-state index in [2.05, 4.69) is 55.6 Å². The van der Waals surface area contributed by atoms with Crippen LogP contribution in [0.15, 0.2) is 48.6 Å². The molecule has 6 heteroatoms. The normalized spacial score (nSPS) is 12.8. The zero-order valence-corrected chi connectivity index (χ0v) is 51.7. The first-order chi connectivity index (χ1) is 38.0. The first-order valence-electron chi connectivity index (χ1n) is 34.4. The Labute approximate surface area is 480 Å². The van der Waals surface area contributed by atoms with Gasteiger partial charge in [0.15, 0.2) is 0 Å². The van der Waals surface area contributed by atoms with Gasteiger partial charge in [-0.3, -0.25) is 9.59 Å². The summed E-state index contributed by atoms with van der Waals surface area (Å²) in [5.74, 6) is -0.0601. The quantitative estimate of drug-likeness (QED) is 0.0320. The molecule has 3 N–H and O–H groups in total. The molecule has 77 heavy (non-hydrogen) atoms. The Bertz CT molecular complexity index is 1290. The molecule has 0 aromatic heterocycles. The van der Waals surface area contributed by atoms with Crippen LogP contribution in [-0.2, 0) is 14.3 Å². The molecule has 2 atom stereocenters. The number of esters is 1. The van der Waals surface area contributed by atoms with Crippen LogP contribution in [0.1, 0.15) is 367 Å². The molecule has 0 fully saturated rings. The van der Waals surface area contributed by atoms with Gasteiger partial charge < -0.3 is 20.3 Å². The van der Waals surface area contributed by atoms with Gasteiger partial charge in [0, 0.05) is 12.8 Å². The number of carbonyl (C=O) groups excluding carboxylic acids is 2. The number of amides is 1. The zero-order chi connectivity index (χ0) is 55.7. The van der Waals surface area contributed by atoms with Gasteiger partial charge in [0.2, 0.25) is 5.91 Å². The van der Waals surface area contributed by atoms with Crippen molar-refractivity contribution in [2.24, 2.45) is 0 Å². The fourth-order valence-corrected chi connectivity index (χ4v) is 10.5. The van der Waals surface area contributed by atoms with Gasteiger partial charge in [-0.25, -0.2) is 0 Å². The van der Waals surface area contributed by atoms with Gasteiger partial charge in [-0.05, 0) is 89.9 Å². The van der Waals surface area contributed by atoms with Crippen LogP contribution in [0.3, 0.4) is 0 Å². The van der Waals surface area contributed by atoms with E-state index >= 15 is 0 Å². The van der Waals surface area contributed by atoms with E-state index in [0.29, 0.717) is 19.4 Å². The van der Waals surface area contributed by atoms with Gasteiger partial charge in [-0.15, -0.1) is 0 Å². The van der Waals surface area contributed by atoms with Crippen LogP contribution in [0.25, 0.3) is 0 Å². The van der Waals surface area contributed by atoms with Gasteiger partial charge in [0.05, 0.1) is 25.4 Å². The molecule has 0 saturated heterocycles. The molecule has 0 aliphatic heterocycles. The highest BCUT2D eigenvalue weighted by atomic mass is 16.5. The van der Waals surface area contributed by atoms with Crippen LogP contribution in [0.2, 0.25) is 0 Å². The van der Waals surface area contributed by atoms with Crippen molar-refractivity contribution in [3.05, 3.63) is 48.6 Å². The minimum atomic E-state index is -0.842. The van der Waals surface area contributed by atoms with E-state index in [0.717, 1.165) is 51.4 Å². The van der Waals surface area contributed by atoms with E-state index in [9.17, 15) is 19.8 Å². The van der Waals surface area contributed by atoms with E-state index in [1.165, 1.54) is 289 Å². The van der Waals surface area contributed by atoms with E-state index in [1.54, 1.807) is 6.08 Å². The van der Waals surface area contributed by atoms with Crippen molar-refractivity contribution in [3.63, 3.8) is 0 Å². The number of nitrogens with one attached hydrogen (secondary N) is 1. The van der Waals surface area contributed by atoms with Gasteiger partial charge in [-0.2, -0.15) is 0 Å². The van der Waals surface area contributed by atoms with E-state index < -0.39 is 12.1 Å². The predicted octanol–water partition coefficient (Wildman–Crippen LogP) is 22.1. The highest BCUT2D eigenvalue weighted by Gasteiger charge is 2.18. The number of allylic oxidation sites excluding steroid dienone is 7. The number of ether oxygens (including phenoxy) is 1. The maximum Gasteiger partial charge on any atom is 0.305 e. The largest absolute Gasteiger partial charge is 0.466 e. The number of unbranched alkanes of at least 4 members (excludes halogenated alkanes) is 47. The SMILES string of the molecule is CCCCCCCC/C=C\CCCCCCCC(=O)OCCCCCCCCCCC/C=C\C/C=C\CCCCCCCCCCCCCCCCCCCC(=O)NC(CO)C(O)/C=C/CCCCCCCCCCCC. The summed E-state index contributed by atoms with van der Waals surface area (Å²) in [5.41, 5.74) is 0. The van der Waals surface area contributed by atoms with Crippen molar-refractivity contribution in [2.45, 2.75) is 379 Å². The van der Waals surface area contributed by atoms with Crippen LogP contribution >= 0.6 is 0 Å². The third-order valence-corrected chi connectivity index (χ3v) is 15.8. The fraction of sp³-hybridized carbons (Fsp3) is 0.859. The molecule has 0 rings (SSSR count). The van der Waals surface area contributed by atoms with Crippen LogP contribution < -0.4 is 5.32 Å². The number of hydrogen-bond acceptors (Lipinski definition) is 5. The van der Waals surface area contributed by atoms with E-state index in [-0.39, 0.29) is 18.5 Å². The molecule has 0 saturated carbocycles. The van der Waals surface area contributed by atoms with Crippen LogP contribution in [-0.4, -0.2) is 47.4 Å². The zero-order valence-electron chi connectivity index (χ0n) is 51.7. The number of hydrogen-bond donors (Lipinski definition) is 3. The lowest BCUT2D eigenvalue weighted by Gasteiger charge is -2.20. The van der Waals surface area contributed by atoms with E-state index in [4.69, 9.17) is 4.74 Å². The summed E-state index contributed by atoms with van der Waals surface area (Å²) >= 11 is 0. The smallest absolute Gasteiger partial charge is 0.305 e. The molecule has 0 bridgehead atoms. The van der Waals surface area contributed by atoms with Crippen molar-refractivity contribution in [1.82, 2.24) is 5.32 Å². The molecule has 1 amide bonds. The molecular formula is C71H133NO5. The fourth-order valence-electron chi connectivity index (χ4n) is 10.5. The lowest BCUT2D eigenvalue weighted by molar-refractivity contribution is -0.143. The molecule has 0 spiro atoms. The average Bonchev–Trinajstić information content (AvgIpc) is 3.43. The molecule has 0 aliphatic carbocycles. The van der Waals surface area contributed by atoms with Crippen molar-refractivity contribution in [2.75, 3.05) is 13.2 Å². The molecule has 0 heterocycles.